The molecule has 2 aromatic heterocycles. The van der Waals surface area contributed by atoms with Crippen LogP contribution in [0, 0.1) is 0 Å². The van der Waals surface area contributed by atoms with Gasteiger partial charge in [0.2, 0.25) is 0 Å². The van der Waals surface area contributed by atoms with Gasteiger partial charge in [-0.05, 0) is 12.1 Å². The van der Waals surface area contributed by atoms with Crippen molar-refractivity contribution in [2.45, 2.75) is 0 Å². The summed E-state index contributed by atoms with van der Waals surface area (Å²) < 4.78 is 3.03. The minimum atomic E-state index is 0.609. The Kier molecular flexibility index (Phi) is 1.46. The lowest BCUT2D eigenvalue weighted by Gasteiger charge is -1.90. The molecule has 0 aliphatic carbocycles. The van der Waals surface area contributed by atoms with Gasteiger partial charge >= 0.3 is 0 Å². The number of para-hydroxylation sites is 1. The zero-order valence-electron chi connectivity index (χ0n) is 7.18. The maximum Gasteiger partial charge on any atom is 0.195 e. The molecule has 0 bridgehead atoms. The van der Waals surface area contributed by atoms with Crippen LogP contribution in [-0.4, -0.2) is 15.7 Å². The number of imidazole rings is 1. The summed E-state index contributed by atoms with van der Waals surface area (Å²) in [5.74, 6) is 0. The van der Waals surface area contributed by atoms with E-state index in [1.54, 1.807) is 17.5 Å². The Labute approximate surface area is 83.6 Å². The number of carbonyl (C=O) groups is 1. The fraction of sp³-hybridized carbons (Fsp3) is 0. The van der Waals surface area contributed by atoms with Crippen LogP contribution in [0.2, 0.25) is 0 Å². The number of rotatable bonds is 1. The molecule has 0 radical (unpaired) electrons. The van der Waals surface area contributed by atoms with Gasteiger partial charge in [-0.15, -0.1) is 0 Å². The number of thiazole rings is 1. The Morgan fingerprint density at radius 2 is 2.21 bits per heavy atom. The Morgan fingerprint density at radius 3 is 3.07 bits per heavy atom. The van der Waals surface area contributed by atoms with Gasteiger partial charge in [-0.25, -0.2) is 4.98 Å². The summed E-state index contributed by atoms with van der Waals surface area (Å²) in [6.45, 7) is 0. The summed E-state index contributed by atoms with van der Waals surface area (Å²) in [5.41, 5.74) is 1.66. The molecule has 0 spiro atoms. The summed E-state index contributed by atoms with van der Waals surface area (Å²) in [7, 11) is 0. The lowest BCUT2D eigenvalue weighted by molar-refractivity contribution is 0.111. The van der Waals surface area contributed by atoms with Gasteiger partial charge in [-0.2, -0.15) is 0 Å². The van der Waals surface area contributed by atoms with Crippen molar-refractivity contribution >= 4 is 32.8 Å². The van der Waals surface area contributed by atoms with Crippen LogP contribution in [0.3, 0.4) is 0 Å². The molecule has 3 aromatic rings. The van der Waals surface area contributed by atoms with Crippen LogP contribution >= 0.6 is 11.3 Å². The molecule has 0 aliphatic heterocycles. The molecule has 0 amide bonds. The van der Waals surface area contributed by atoms with Crippen LogP contribution in [0.1, 0.15) is 10.5 Å². The summed E-state index contributed by atoms with van der Waals surface area (Å²) in [4.78, 5) is 15.8. The van der Waals surface area contributed by atoms with Gasteiger partial charge in [0.25, 0.3) is 0 Å². The Hall–Kier alpha value is -1.68. The number of fused-ring (bicyclic) bond motifs is 3. The fourth-order valence-corrected chi connectivity index (χ4v) is 2.58. The monoisotopic (exact) mass is 202 g/mol. The summed E-state index contributed by atoms with van der Waals surface area (Å²) in [6.07, 6.45) is 2.43. The van der Waals surface area contributed by atoms with Crippen molar-refractivity contribution in [3.05, 3.63) is 36.2 Å². The number of hydrogen-bond donors (Lipinski definition) is 0. The Balaban J connectivity index is 2.61. The van der Waals surface area contributed by atoms with Gasteiger partial charge < -0.3 is 0 Å². The Bertz CT molecular complexity index is 623. The number of aldehydes is 1. The maximum atomic E-state index is 10.8. The highest BCUT2D eigenvalue weighted by atomic mass is 32.1. The van der Waals surface area contributed by atoms with Crippen molar-refractivity contribution in [1.29, 1.82) is 0 Å². The van der Waals surface area contributed by atoms with Gasteiger partial charge in [0.1, 0.15) is 5.69 Å². The van der Waals surface area contributed by atoms with Gasteiger partial charge in [-0.1, -0.05) is 23.5 Å². The van der Waals surface area contributed by atoms with E-state index in [2.05, 4.69) is 4.98 Å². The molecule has 0 atom stereocenters. The highest BCUT2D eigenvalue weighted by molar-refractivity contribution is 7.23. The number of nitrogens with zero attached hydrogens (tertiary/aromatic N) is 2. The minimum absolute atomic E-state index is 0.609. The Morgan fingerprint density at radius 1 is 1.36 bits per heavy atom. The van der Waals surface area contributed by atoms with E-state index in [1.165, 1.54) is 0 Å². The van der Waals surface area contributed by atoms with Crippen LogP contribution in [0.15, 0.2) is 30.5 Å². The third-order valence-electron chi connectivity index (χ3n) is 2.18. The molecular formula is C10H6N2OS. The van der Waals surface area contributed by atoms with Crippen molar-refractivity contribution in [2.24, 2.45) is 0 Å². The number of aromatic nitrogens is 2. The first-order valence-electron chi connectivity index (χ1n) is 4.20. The highest BCUT2D eigenvalue weighted by Crippen LogP contribution is 2.26. The first-order chi connectivity index (χ1) is 6.90. The lowest BCUT2D eigenvalue weighted by atomic mass is 10.3. The normalized spacial score (nSPS) is 11.1. The standard InChI is InChI=1S/C10H6N2OS/c13-6-7-5-11-10-12(7)8-3-1-2-4-9(8)14-10/h1-6H. The lowest BCUT2D eigenvalue weighted by Crippen LogP contribution is -1.86. The first kappa shape index (κ1) is 7.70. The largest absolute Gasteiger partial charge is 0.296 e. The molecule has 14 heavy (non-hydrogen) atoms. The van der Waals surface area contributed by atoms with E-state index in [9.17, 15) is 4.79 Å². The zero-order chi connectivity index (χ0) is 9.54. The molecule has 3 nitrogen and oxygen atoms in total. The van der Waals surface area contributed by atoms with E-state index in [4.69, 9.17) is 0 Å². The van der Waals surface area contributed by atoms with Crippen LogP contribution in [0.4, 0.5) is 0 Å². The van der Waals surface area contributed by atoms with Crippen molar-refractivity contribution in [1.82, 2.24) is 9.38 Å². The summed E-state index contributed by atoms with van der Waals surface area (Å²) in [5, 5.41) is 0. The number of benzene rings is 1. The van der Waals surface area contributed by atoms with E-state index in [0.29, 0.717) is 5.69 Å². The molecule has 68 valence electrons. The first-order valence-corrected chi connectivity index (χ1v) is 5.02. The van der Waals surface area contributed by atoms with E-state index >= 15 is 0 Å². The second kappa shape index (κ2) is 2.65. The fourth-order valence-electron chi connectivity index (χ4n) is 1.57. The molecule has 0 unspecified atom stereocenters. The number of hydrogen-bond acceptors (Lipinski definition) is 3. The van der Waals surface area contributed by atoms with Crippen molar-refractivity contribution < 1.29 is 4.79 Å². The molecule has 4 heteroatoms. The van der Waals surface area contributed by atoms with Gasteiger partial charge in [0.15, 0.2) is 11.2 Å². The van der Waals surface area contributed by atoms with Crippen molar-refractivity contribution in [3.8, 4) is 0 Å². The molecule has 0 fully saturated rings. The zero-order valence-corrected chi connectivity index (χ0v) is 7.99. The van der Waals surface area contributed by atoms with Crippen LogP contribution < -0.4 is 0 Å². The number of carbonyl (C=O) groups excluding carboxylic acids is 1. The molecule has 0 N–H and O–H groups in total. The SMILES string of the molecule is O=Cc1cnc2sc3ccccc3n12. The van der Waals surface area contributed by atoms with Crippen molar-refractivity contribution in [3.63, 3.8) is 0 Å². The summed E-state index contributed by atoms with van der Waals surface area (Å²) >= 11 is 1.59. The third-order valence-corrected chi connectivity index (χ3v) is 3.22. The average Bonchev–Trinajstić information content (AvgIpc) is 2.75. The second-order valence-electron chi connectivity index (χ2n) is 2.99. The maximum absolute atomic E-state index is 10.8. The highest BCUT2D eigenvalue weighted by Gasteiger charge is 2.08. The molecule has 3 rings (SSSR count). The quantitative estimate of drug-likeness (QED) is 0.568. The van der Waals surface area contributed by atoms with E-state index < -0.39 is 0 Å². The topological polar surface area (TPSA) is 34.4 Å². The van der Waals surface area contributed by atoms with Crippen LogP contribution in [0.25, 0.3) is 15.2 Å². The van der Waals surface area contributed by atoms with Crippen molar-refractivity contribution in [2.75, 3.05) is 0 Å². The molecule has 0 saturated heterocycles. The van der Waals surface area contributed by atoms with Gasteiger partial charge in [0.05, 0.1) is 16.4 Å². The smallest absolute Gasteiger partial charge is 0.195 e. The molecule has 2 heterocycles. The van der Waals surface area contributed by atoms with E-state index in [0.717, 1.165) is 21.5 Å². The van der Waals surface area contributed by atoms with E-state index in [-0.39, 0.29) is 0 Å². The van der Waals surface area contributed by atoms with Gasteiger partial charge in [0, 0.05) is 0 Å². The molecular weight excluding hydrogens is 196 g/mol. The third kappa shape index (κ3) is 0.858. The second-order valence-corrected chi connectivity index (χ2v) is 4.00. The predicted molar refractivity (Wildman–Crippen MR) is 56.0 cm³/mol. The van der Waals surface area contributed by atoms with Crippen LogP contribution in [0.5, 0.6) is 0 Å². The average molecular weight is 202 g/mol. The predicted octanol–water partition coefficient (Wildman–Crippen LogP) is 2.36. The van der Waals surface area contributed by atoms with Crippen LogP contribution in [-0.2, 0) is 0 Å². The molecule has 1 aromatic carbocycles. The van der Waals surface area contributed by atoms with Gasteiger partial charge in [-0.3, -0.25) is 9.20 Å². The molecule has 0 saturated carbocycles. The molecule has 0 aliphatic rings. The summed E-state index contributed by atoms with van der Waals surface area (Å²) in [6, 6.07) is 7.97. The minimum Gasteiger partial charge on any atom is -0.296 e. The van der Waals surface area contributed by atoms with E-state index in [1.807, 2.05) is 28.7 Å².